The Labute approximate surface area is 156 Å². The molecule has 4 rings (SSSR count). The number of unbranched alkanes of at least 4 members (excludes halogenated alkanes) is 2. The molecule has 1 spiro atoms. The highest BCUT2D eigenvalue weighted by molar-refractivity contribution is 5.13. The van der Waals surface area contributed by atoms with E-state index in [0.717, 1.165) is 71.2 Å². The maximum atomic E-state index is 11.0. The summed E-state index contributed by atoms with van der Waals surface area (Å²) < 4.78 is 17.5. The molecule has 0 amide bonds. The monoisotopic (exact) mass is 360 g/mol. The van der Waals surface area contributed by atoms with Gasteiger partial charge in [-0.2, -0.15) is 0 Å². The Hall–Kier alpha value is -0.940. The number of ether oxygens (including phenoxy) is 3. The van der Waals surface area contributed by atoms with Gasteiger partial charge in [0.2, 0.25) is 0 Å². The van der Waals surface area contributed by atoms with Crippen LogP contribution in [0.25, 0.3) is 0 Å². The number of benzene rings is 1. The van der Waals surface area contributed by atoms with Gasteiger partial charge in [0, 0.05) is 19.4 Å². The largest absolute Gasteiger partial charge is 0.390 e. The standard InChI is InChI=1S/C22H32O4/c23-21(9-5-2-6-10-24-17-18-7-3-1-4-8-18)13-19-15-22(16-20(19)14-21)25-11-12-26-22/h1,3-4,7-8,19-20,23H,2,5-6,9-17H2/t19-,20+,21?. The lowest BCUT2D eigenvalue weighted by molar-refractivity contribution is -0.158. The van der Waals surface area contributed by atoms with Crippen LogP contribution in [0, 0.1) is 11.8 Å². The van der Waals surface area contributed by atoms with Gasteiger partial charge in [-0.1, -0.05) is 43.2 Å². The lowest BCUT2D eigenvalue weighted by Crippen LogP contribution is -2.31. The lowest BCUT2D eigenvalue weighted by atomic mass is 9.91. The Morgan fingerprint density at radius 2 is 1.62 bits per heavy atom. The fourth-order valence-electron chi connectivity index (χ4n) is 5.29. The summed E-state index contributed by atoms with van der Waals surface area (Å²) in [6.45, 7) is 2.96. The van der Waals surface area contributed by atoms with Crippen molar-refractivity contribution in [1.29, 1.82) is 0 Å². The van der Waals surface area contributed by atoms with Crippen molar-refractivity contribution in [2.24, 2.45) is 11.8 Å². The van der Waals surface area contributed by atoms with E-state index in [4.69, 9.17) is 14.2 Å². The van der Waals surface area contributed by atoms with E-state index >= 15 is 0 Å². The summed E-state index contributed by atoms with van der Waals surface area (Å²) in [5, 5.41) is 11.0. The van der Waals surface area contributed by atoms with Crippen LogP contribution in [0.5, 0.6) is 0 Å². The SMILES string of the molecule is OC1(CCCCCOCc2ccccc2)C[C@@H]2CC3(C[C@@H]2C1)OCCO3. The fraction of sp³-hybridized carbons (Fsp3) is 0.727. The molecule has 3 fully saturated rings. The van der Waals surface area contributed by atoms with E-state index in [9.17, 15) is 5.11 Å². The first kappa shape index (κ1) is 18.4. The lowest BCUT2D eigenvalue weighted by Gasteiger charge is -2.28. The first-order chi connectivity index (χ1) is 12.7. The highest BCUT2D eigenvalue weighted by Gasteiger charge is 2.56. The summed E-state index contributed by atoms with van der Waals surface area (Å²) in [5.41, 5.74) is 0.771. The quantitative estimate of drug-likeness (QED) is 0.710. The van der Waals surface area contributed by atoms with Gasteiger partial charge >= 0.3 is 0 Å². The van der Waals surface area contributed by atoms with E-state index in [-0.39, 0.29) is 5.79 Å². The predicted octanol–water partition coefficient (Wildman–Crippen LogP) is 4.06. The minimum absolute atomic E-state index is 0.299. The van der Waals surface area contributed by atoms with E-state index in [1.54, 1.807) is 0 Å². The summed E-state index contributed by atoms with van der Waals surface area (Å²) in [6, 6.07) is 10.3. The van der Waals surface area contributed by atoms with Crippen LogP contribution in [0.1, 0.15) is 56.9 Å². The molecule has 1 aromatic rings. The highest BCUT2D eigenvalue weighted by Crippen LogP contribution is 2.55. The molecule has 4 heteroatoms. The van der Waals surface area contributed by atoms with Gasteiger partial charge in [0.25, 0.3) is 0 Å². The van der Waals surface area contributed by atoms with Crippen molar-refractivity contribution in [3.05, 3.63) is 35.9 Å². The van der Waals surface area contributed by atoms with Crippen LogP contribution >= 0.6 is 0 Å². The van der Waals surface area contributed by atoms with Crippen LogP contribution in [0.3, 0.4) is 0 Å². The zero-order valence-corrected chi connectivity index (χ0v) is 15.7. The Morgan fingerprint density at radius 3 is 2.31 bits per heavy atom. The van der Waals surface area contributed by atoms with Gasteiger partial charge in [-0.25, -0.2) is 0 Å². The Balaban J connectivity index is 1.10. The summed E-state index contributed by atoms with van der Waals surface area (Å²) in [5.74, 6) is 0.854. The van der Waals surface area contributed by atoms with E-state index in [2.05, 4.69) is 12.1 Å². The third-order valence-electron chi connectivity index (χ3n) is 6.45. The van der Waals surface area contributed by atoms with Gasteiger partial charge in [-0.15, -0.1) is 0 Å². The molecule has 0 aromatic heterocycles. The average Bonchev–Trinajstić information content (AvgIpc) is 3.29. The summed E-state index contributed by atoms with van der Waals surface area (Å²) in [4.78, 5) is 0. The van der Waals surface area contributed by atoms with E-state index in [1.165, 1.54) is 5.56 Å². The summed E-state index contributed by atoms with van der Waals surface area (Å²) >= 11 is 0. The predicted molar refractivity (Wildman–Crippen MR) is 99.6 cm³/mol. The van der Waals surface area contributed by atoms with Crippen molar-refractivity contribution in [1.82, 2.24) is 0 Å². The Bertz CT molecular complexity index is 551. The van der Waals surface area contributed by atoms with Crippen molar-refractivity contribution in [2.45, 2.75) is 69.4 Å². The van der Waals surface area contributed by atoms with E-state index < -0.39 is 5.60 Å². The average molecular weight is 360 g/mol. The molecule has 1 aromatic carbocycles. The molecule has 1 N–H and O–H groups in total. The normalized spacial score (nSPS) is 32.3. The van der Waals surface area contributed by atoms with Gasteiger partial charge in [-0.3, -0.25) is 0 Å². The zero-order chi connectivity index (χ0) is 17.9. The number of aliphatic hydroxyl groups is 1. The smallest absolute Gasteiger partial charge is 0.169 e. The number of hydrogen-bond donors (Lipinski definition) is 1. The Morgan fingerprint density at radius 1 is 0.923 bits per heavy atom. The molecule has 26 heavy (non-hydrogen) atoms. The molecular formula is C22H32O4. The minimum Gasteiger partial charge on any atom is -0.390 e. The number of hydrogen-bond acceptors (Lipinski definition) is 4. The number of rotatable bonds is 8. The topological polar surface area (TPSA) is 47.9 Å². The second-order valence-corrected chi connectivity index (χ2v) is 8.52. The molecule has 4 nitrogen and oxygen atoms in total. The van der Waals surface area contributed by atoms with Crippen LogP contribution in [-0.4, -0.2) is 36.3 Å². The van der Waals surface area contributed by atoms with Gasteiger partial charge in [0.15, 0.2) is 5.79 Å². The third kappa shape index (κ3) is 4.30. The van der Waals surface area contributed by atoms with Gasteiger partial charge in [-0.05, 0) is 43.1 Å². The van der Waals surface area contributed by atoms with Crippen molar-refractivity contribution in [2.75, 3.05) is 19.8 Å². The number of fused-ring (bicyclic) bond motifs is 1. The minimum atomic E-state index is -0.458. The summed E-state index contributed by atoms with van der Waals surface area (Å²) in [6.07, 6.45) is 8.02. The molecule has 1 heterocycles. The molecule has 0 bridgehead atoms. The van der Waals surface area contributed by atoms with Crippen LogP contribution in [0.15, 0.2) is 30.3 Å². The third-order valence-corrected chi connectivity index (χ3v) is 6.45. The first-order valence-electron chi connectivity index (χ1n) is 10.3. The molecule has 1 saturated heterocycles. The van der Waals surface area contributed by atoms with Crippen molar-refractivity contribution in [3.8, 4) is 0 Å². The van der Waals surface area contributed by atoms with Crippen LogP contribution in [0.4, 0.5) is 0 Å². The van der Waals surface area contributed by atoms with Gasteiger partial charge in [0.1, 0.15) is 0 Å². The van der Waals surface area contributed by atoms with Gasteiger partial charge in [0.05, 0.1) is 25.4 Å². The fourth-order valence-corrected chi connectivity index (χ4v) is 5.29. The second kappa shape index (κ2) is 7.97. The molecule has 2 aliphatic carbocycles. The molecule has 1 unspecified atom stereocenters. The van der Waals surface area contributed by atoms with Crippen molar-refractivity contribution in [3.63, 3.8) is 0 Å². The van der Waals surface area contributed by atoms with E-state index in [0.29, 0.717) is 18.4 Å². The van der Waals surface area contributed by atoms with Gasteiger partial charge < -0.3 is 19.3 Å². The maximum absolute atomic E-state index is 11.0. The molecular weight excluding hydrogens is 328 g/mol. The highest BCUT2D eigenvalue weighted by atomic mass is 16.7. The first-order valence-corrected chi connectivity index (χ1v) is 10.3. The van der Waals surface area contributed by atoms with Crippen molar-refractivity contribution >= 4 is 0 Å². The van der Waals surface area contributed by atoms with Crippen molar-refractivity contribution < 1.29 is 19.3 Å². The Kier molecular flexibility index (Phi) is 5.65. The second-order valence-electron chi connectivity index (χ2n) is 8.52. The molecule has 0 radical (unpaired) electrons. The molecule has 2 saturated carbocycles. The van der Waals surface area contributed by atoms with Crippen LogP contribution in [-0.2, 0) is 20.8 Å². The molecule has 144 valence electrons. The molecule has 3 aliphatic rings. The summed E-state index contributed by atoms with van der Waals surface area (Å²) in [7, 11) is 0. The molecule has 1 aliphatic heterocycles. The van der Waals surface area contributed by atoms with E-state index in [1.807, 2.05) is 18.2 Å². The zero-order valence-electron chi connectivity index (χ0n) is 15.7. The van der Waals surface area contributed by atoms with Crippen LogP contribution < -0.4 is 0 Å². The molecule has 3 atom stereocenters. The maximum Gasteiger partial charge on any atom is 0.169 e. The van der Waals surface area contributed by atoms with Crippen LogP contribution in [0.2, 0.25) is 0 Å².